The maximum absolute atomic E-state index is 11.6. The fourth-order valence-corrected chi connectivity index (χ4v) is 1.96. The van der Waals surface area contributed by atoms with E-state index in [1.807, 2.05) is 12.1 Å². The lowest BCUT2D eigenvalue weighted by atomic mass is 10.1. The highest BCUT2D eigenvalue weighted by Gasteiger charge is 2.03. The number of hydrogen-bond donors (Lipinski definition) is 1. The molecule has 0 spiro atoms. The molecule has 4 heteroatoms. The number of carbonyl (C=O) groups is 1. The first kappa shape index (κ1) is 15.3. The number of aryl methyl sites for hydroxylation is 1. The first-order chi connectivity index (χ1) is 8.63. The lowest BCUT2D eigenvalue weighted by molar-refractivity contribution is -0.121. The first-order valence-electron chi connectivity index (χ1n) is 6.34. The minimum Gasteiger partial charge on any atom is -0.356 e. The molecule has 0 aromatic heterocycles. The van der Waals surface area contributed by atoms with E-state index in [9.17, 15) is 4.79 Å². The predicted molar refractivity (Wildman–Crippen MR) is 77.3 cm³/mol. The van der Waals surface area contributed by atoms with Gasteiger partial charge in [-0.3, -0.25) is 4.79 Å². The molecule has 0 unspecified atom stereocenters. The molecule has 0 aliphatic carbocycles. The van der Waals surface area contributed by atoms with Crippen LogP contribution >= 0.6 is 23.2 Å². The minimum atomic E-state index is 0.0946. The SMILES string of the molecule is CCCCCNC(=O)CCc1ccc(Cl)c(Cl)c1. The number of nitrogens with one attached hydrogen (secondary N) is 1. The molecule has 1 N–H and O–H groups in total. The van der Waals surface area contributed by atoms with Gasteiger partial charge in [-0.25, -0.2) is 0 Å². The Kier molecular flexibility index (Phi) is 7.14. The van der Waals surface area contributed by atoms with Crippen LogP contribution in [0.15, 0.2) is 18.2 Å². The Labute approximate surface area is 119 Å². The second-order valence-electron chi connectivity index (χ2n) is 4.31. The zero-order valence-corrected chi connectivity index (χ0v) is 12.2. The third-order valence-electron chi connectivity index (χ3n) is 2.73. The number of benzene rings is 1. The normalized spacial score (nSPS) is 10.4. The zero-order valence-electron chi connectivity index (χ0n) is 10.6. The molecule has 0 fully saturated rings. The Hall–Kier alpha value is -0.730. The third kappa shape index (κ3) is 5.74. The fourth-order valence-electron chi connectivity index (χ4n) is 1.64. The summed E-state index contributed by atoms with van der Waals surface area (Å²) in [5, 5.41) is 4.00. The van der Waals surface area contributed by atoms with Crippen LogP contribution in [0, 0.1) is 0 Å². The van der Waals surface area contributed by atoms with E-state index in [2.05, 4.69) is 12.2 Å². The van der Waals surface area contributed by atoms with E-state index in [4.69, 9.17) is 23.2 Å². The largest absolute Gasteiger partial charge is 0.356 e. The van der Waals surface area contributed by atoms with Gasteiger partial charge in [0.25, 0.3) is 0 Å². The molecule has 2 nitrogen and oxygen atoms in total. The molecule has 1 amide bonds. The highest BCUT2D eigenvalue weighted by Crippen LogP contribution is 2.23. The van der Waals surface area contributed by atoms with E-state index in [1.54, 1.807) is 6.07 Å². The second-order valence-corrected chi connectivity index (χ2v) is 5.12. The van der Waals surface area contributed by atoms with E-state index in [-0.39, 0.29) is 5.91 Å². The molecular weight excluding hydrogens is 269 g/mol. The van der Waals surface area contributed by atoms with Gasteiger partial charge in [-0.2, -0.15) is 0 Å². The van der Waals surface area contributed by atoms with Gasteiger partial charge in [0.2, 0.25) is 5.91 Å². The number of carbonyl (C=O) groups excluding carboxylic acids is 1. The van der Waals surface area contributed by atoms with Gasteiger partial charge >= 0.3 is 0 Å². The van der Waals surface area contributed by atoms with Crippen molar-refractivity contribution in [3.05, 3.63) is 33.8 Å². The Morgan fingerprint density at radius 1 is 1.22 bits per heavy atom. The number of halogens is 2. The molecule has 100 valence electrons. The highest BCUT2D eigenvalue weighted by atomic mass is 35.5. The summed E-state index contributed by atoms with van der Waals surface area (Å²) in [5.74, 6) is 0.0946. The van der Waals surface area contributed by atoms with Crippen molar-refractivity contribution in [2.24, 2.45) is 0 Å². The van der Waals surface area contributed by atoms with Gasteiger partial charge in [-0.05, 0) is 30.5 Å². The highest BCUT2D eigenvalue weighted by molar-refractivity contribution is 6.42. The van der Waals surface area contributed by atoms with Crippen molar-refractivity contribution < 1.29 is 4.79 Å². The number of unbranched alkanes of at least 4 members (excludes halogenated alkanes) is 2. The molecule has 1 aromatic rings. The van der Waals surface area contributed by atoms with Crippen LogP contribution in [0.3, 0.4) is 0 Å². The first-order valence-corrected chi connectivity index (χ1v) is 7.09. The van der Waals surface area contributed by atoms with Crippen molar-refractivity contribution in [2.75, 3.05) is 6.54 Å². The molecule has 0 aliphatic heterocycles. The number of rotatable bonds is 7. The third-order valence-corrected chi connectivity index (χ3v) is 3.47. The molecular formula is C14H19Cl2NO. The van der Waals surface area contributed by atoms with Crippen molar-refractivity contribution in [3.63, 3.8) is 0 Å². The van der Waals surface area contributed by atoms with E-state index >= 15 is 0 Å². The summed E-state index contributed by atoms with van der Waals surface area (Å²) in [6.07, 6.45) is 4.56. The second kappa shape index (κ2) is 8.39. The van der Waals surface area contributed by atoms with E-state index in [0.29, 0.717) is 22.9 Å². The monoisotopic (exact) mass is 287 g/mol. The summed E-state index contributed by atoms with van der Waals surface area (Å²) in [5.41, 5.74) is 1.04. The van der Waals surface area contributed by atoms with E-state index in [1.165, 1.54) is 6.42 Å². The van der Waals surface area contributed by atoms with Crippen molar-refractivity contribution in [2.45, 2.75) is 39.0 Å². The van der Waals surface area contributed by atoms with Crippen LogP contribution in [0.1, 0.15) is 38.2 Å². The average molecular weight is 288 g/mol. The molecule has 1 rings (SSSR count). The molecule has 0 radical (unpaired) electrons. The van der Waals surface area contributed by atoms with Crippen molar-refractivity contribution in [1.82, 2.24) is 5.32 Å². The Bertz CT molecular complexity index is 393. The van der Waals surface area contributed by atoms with Crippen molar-refractivity contribution >= 4 is 29.1 Å². The Balaban J connectivity index is 2.27. The van der Waals surface area contributed by atoms with Crippen LogP contribution in [-0.2, 0) is 11.2 Å². The topological polar surface area (TPSA) is 29.1 Å². The molecule has 18 heavy (non-hydrogen) atoms. The smallest absolute Gasteiger partial charge is 0.220 e. The quantitative estimate of drug-likeness (QED) is 0.747. The van der Waals surface area contributed by atoms with Gasteiger partial charge in [-0.1, -0.05) is 49.0 Å². The fraction of sp³-hybridized carbons (Fsp3) is 0.500. The molecule has 0 atom stereocenters. The zero-order chi connectivity index (χ0) is 13.4. The average Bonchev–Trinajstić information content (AvgIpc) is 2.36. The van der Waals surface area contributed by atoms with Gasteiger partial charge in [0, 0.05) is 13.0 Å². The number of amides is 1. The molecule has 0 saturated carbocycles. The molecule has 0 aliphatic rings. The van der Waals surface area contributed by atoms with Crippen LogP contribution in [0.25, 0.3) is 0 Å². The Morgan fingerprint density at radius 2 is 2.00 bits per heavy atom. The van der Waals surface area contributed by atoms with Gasteiger partial charge in [-0.15, -0.1) is 0 Å². The van der Waals surface area contributed by atoms with Crippen LogP contribution in [-0.4, -0.2) is 12.5 Å². The molecule has 0 heterocycles. The summed E-state index contributed by atoms with van der Waals surface area (Å²) < 4.78 is 0. The minimum absolute atomic E-state index is 0.0946. The van der Waals surface area contributed by atoms with Crippen molar-refractivity contribution in [3.8, 4) is 0 Å². The summed E-state index contributed by atoms with van der Waals surface area (Å²) in [6.45, 7) is 2.92. The van der Waals surface area contributed by atoms with Crippen LogP contribution in [0.2, 0.25) is 10.0 Å². The standard InChI is InChI=1S/C14H19Cl2NO/c1-2-3-4-9-17-14(18)8-6-11-5-7-12(15)13(16)10-11/h5,7,10H,2-4,6,8-9H2,1H3,(H,17,18). The lowest BCUT2D eigenvalue weighted by Gasteiger charge is -2.05. The lowest BCUT2D eigenvalue weighted by Crippen LogP contribution is -2.24. The van der Waals surface area contributed by atoms with Crippen LogP contribution in [0.5, 0.6) is 0 Å². The summed E-state index contributed by atoms with van der Waals surface area (Å²) >= 11 is 11.7. The summed E-state index contributed by atoms with van der Waals surface area (Å²) in [6, 6.07) is 5.48. The van der Waals surface area contributed by atoms with Gasteiger partial charge in [0.05, 0.1) is 10.0 Å². The van der Waals surface area contributed by atoms with Crippen LogP contribution in [0.4, 0.5) is 0 Å². The molecule has 0 bridgehead atoms. The van der Waals surface area contributed by atoms with Gasteiger partial charge < -0.3 is 5.32 Å². The number of hydrogen-bond acceptors (Lipinski definition) is 1. The van der Waals surface area contributed by atoms with E-state index in [0.717, 1.165) is 24.9 Å². The molecule has 1 aromatic carbocycles. The Morgan fingerprint density at radius 3 is 2.67 bits per heavy atom. The van der Waals surface area contributed by atoms with Gasteiger partial charge in [0.15, 0.2) is 0 Å². The summed E-state index contributed by atoms with van der Waals surface area (Å²) in [7, 11) is 0. The summed E-state index contributed by atoms with van der Waals surface area (Å²) in [4.78, 5) is 11.6. The molecule has 0 saturated heterocycles. The van der Waals surface area contributed by atoms with Gasteiger partial charge in [0.1, 0.15) is 0 Å². The predicted octanol–water partition coefficient (Wildman–Crippen LogP) is 4.23. The van der Waals surface area contributed by atoms with Crippen LogP contribution < -0.4 is 5.32 Å². The maximum atomic E-state index is 11.6. The maximum Gasteiger partial charge on any atom is 0.220 e. The van der Waals surface area contributed by atoms with E-state index < -0.39 is 0 Å². The van der Waals surface area contributed by atoms with Crippen molar-refractivity contribution in [1.29, 1.82) is 0 Å².